The molecule has 1 saturated heterocycles. The minimum Gasteiger partial charge on any atom is -0.756 e. The standard InChI is InChI=1S/C48H88NO9P/c1-6-8-10-12-14-16-18-20-21-22-23-24-26-28-30-32-34-38-48(51)57-44(43-56-59(52,53)55-41-40-49(3,4)5)42-54-47(50)39-35-37-46-45(58-46)36-33-31-29-27-25-19-17-15-13-11-9-7-2/h15,17,25,27,31,33,44-46H,6-14,16,18-24,26,28-30,32,34-43H2,1-5H3/b17-15-,27-25-,33-31-/t44-,45?,46?/m1/s1. The van der Waals surface area contributed by atoms with Gasteiger partial charge in [-0.25, -0.2) is 0 Å². The van der Waals surface area contributed by atoms with Gasteiger partial charge in [0.05, 0.1) is 40.0 Å². The average molecular weight is 854 g/mol. The summed E-state index contributed by atoms with van der Waals surface area (Å²) in [4.78, 5) is 37.7. The van der Waals surface area contributed by atoms with Crippen LogP contribution in [-0.4, -0.2) is 82.2 Å². The monoisotopic (exact) mass is 854 g/mol. The Morgan fingerprint density at radius 1 is 0.627 bits per heavy atom. The number of quaternary nitrogens is 1. The summed E-state index contributed by atoms with van der Waals surface area (Å²) >= 11 is 0. The molecule has 0 N–H and O–H groups in total. The third-order valence-corrected chi connectivity index (χ3v) is 11.6. The van der Waals surface area contributed by atoms with E-state index in [0.717, 1.165) is 44.9 Å². The maximum Gasteiger partial charge on any atom is 0.306 e. The van der Waals surface area contributed by atoms with Gasteiger partial charge >= 0.3 is 11.9 Å². The second-order valence-corrected chi connectivity index (χ2v) is 18.9. The van der Waals surface area contributed by atoms with Crippen LogP contribution in [0.2, 0.25) is 0 Å². The van der Waals surface area contributed by atoms with Gasteiger partial charge in [0.15, 0.2) is 6.10 Å². The second kappa shape index (κ2) is 36.8. The van der Waals surface area contributed by atoms with E-state index in [0.29, 0.717) is 23.9 Å². The fourth-order valence-corrected chi connectivity index (χ4v) is 7.47. The highest BCUT2D eigenvalue weighted by molar-refractivity contribution is 7.45. The Morgan fingerprint density at radius 3 is 1.71 bits per heavy atom. The maximum atomic E-state index is 12.7. The zero-order valence-corrected chi connectivity index (χ0v) is 39.3. The Labute approximate surface area is 361 Å². The maximum absolute atomic E-state index is 12.7. The quantitative estimate of drug-likeness (QED) is 0.0147. The molecule has 344 valence electrons. The first-order valence-electron chi connectivity index (χ1n) is 23.8. The molecule has 4 atom stereocenters. The number of carbonyl (C=O) groups excluding carboxylic acids is 2. The molecule has 1 fully saturated rings. The molecule has 1 aliphatic rings. The van der Waals surface area contributed by atoms with E-state index in [-0.39, 0.29) is 38.3 Å². The van der Waals surface area contributed by atoms with Gasteiger partial charge in [-0.3, -0.25) is 14.2 Å². The van der Waals surface area contributed by atoms with Gasteiger partial charge in [0.25, 0.3) is 7.82 Å². The summed E-state index contributed by atoms with van der Waals surface area (Å²) in [6, 6.07) is 0. The van der Waals surface area contributed by atoms with E-state index in [1.807, 2.05) is 21.1 Å². The molecule has 0 aliphatic carbocycles. The van der Waals surface area contributed by atoms with Crippen molar-refractivity contribution in [3.63, 3.8) is 0 Å². The van der Waals surface area contributed by atoms with Crippen LogP contribution in [0, 0.1) is 0 Å². The number of likely N-dealkylation sites (N-methyl/N-ethyl adjacent to an activating group) is 1. The Morgan fingerprint density at radius 2 is 1.14 bits per heavy atom. The smallest absolute Gasteiger partial charge is 0.306 e. The van der Waals surface area contributed by atoms with E-state index < -0.39 is 32.5 Å². The third kappa shape index (κ3) is 37.7. The first kappa shape index (κ1) is 55.2. The molecule has 10 nitrogen and oxygen atoms in total. The SMILES string of the molecule is CCCCC/C=C\C/C=C\C/C=C\CC1OC1CCCC(=O)OC[C@H](COP(=O)([O-])OCC[N+](C)(C)C)OC(=O)CCCCCCCCCCCCCCCCCCC. The molecule has 0 radical (unpaired) electrons. The number of allylic oxidation sites excluding steroid dienone is 5. The van der Waals surface area contributed by atoms with E-state index in [1.165, 1.54) is 109 Å². The fraction of sp³-hybridized carbons (Fsp3) is 0.833. The normalized spacial score (nSPS) is 17.3. The lowest BCUT2D eigenvalue weighted by Crippen LogP contribution is -2.37. The molecule has 3 unspecified atom stereocenters. The van der Waals surface area contributed by atoms with Crippen molar-refractivity contribution in [1.82, 2.24) is 0 Å². The molecule has 1 heterocycles. The van der Waals surface area contributed by atoms with E-state index >= 15 is 0 Å². The van der Waals surface area contributed by atoms with Gasteiger partial charge in [-0.05, 0) is 51.4 Å². The number of esters is 2. The number of hydrogen-bond acceptors (Lipinski definition) is 9. The minimum absolute atomic E-state index is 0.0421. The summed E-state index contributed by atoms with van der Waals surface area (Å²) in [6.07, 6.45) is 43.3. The average Bonchev–Trinajstić information content (AvgIpc) is 3.94. The molecule has 1 rings (SSSR count). The van der Waals surface area contributed by atoms with Crippen molar-refractivity contribution >= 4 is 19.8 Å². The number of carbonyl (C=O) groups is 2. The lowest BCUT2D eigenvalue weighted by Gasteiger charge is -2.28. The van der Waals surface area contributed by atoms with Crippen LogP contribution in [0.5, 0.6) is 0 Å². The summed E-state index contributed by atoms with van der Waals surface area (Å²) in [6.45, 7) is 4.13. The Hall–Kier alpha value is -1.81. The Balaban J connectivity index is 2.30. The van der Waals surface area contributed by atoms with Gasteiger partial charge in [-0.15, -0.1) is 0 Å². The van der Waals surface area contributed by atoms with E-state index in [2.05, 4.69) is 50.3 Å². The van der Waals surface area contributed by atoms with Crippen molar-refractivity contribution in [3.8, 4) is 0 Å². The highest BCUT2D eigenvalue weighted by Crippen LogP contribution is 2.38. The molecule has 0 aromatic heterocycles. The van der Waals surface area contributed by atoms with Crippen LogP contribution in [-0.2, 0) is 37.4 Å². The summed E-state index contributed by atoms with van der Waals surface area (Å²) in [5.74, 6) is -0.905. The Kier molecular flexibility index (Phi) is 34.4. The highest BCUT2D eigenvalue weighted by atomic mass is 31.2. The summed E-state index contributed by atoms with van der Waals surface area (Å²) in [7, 11) is 1.13. The van der Waals surface area contributed by atoms with Crippen LogP contribution >= 0.6 is 7.82 Å². The molecule has 0 bridgehead atoms. The lowest BCUT2D eigenvalue weighted by atomic mass is 10.0. The molecule has 0 aromatic rings. The first-order chi connectivity index (χ1) is 28.5. The van der Waals surface area contributed by atoms with Crippen LogP contribution < -0.4 is 4.89 Å². The van der Waals surface area contributed by atoms with E-state index in [9.17, 15) is 19.0 Å². The predicted molar refractivity (Wildman–Crippen MR) is 240 cm³/mol. The number of phosphoric acid groups is 1. The number of hydrogen-bond donors (Lipinski definition) is 0. The van der Waals surface area contributed by atoms with Crippen LogP contribution in [0.4, 0.5) is 0 Å². The number of rotatable bonds is 42. The van der Waals surface area contributed by atoms with Gasteiger partial charge in [-0.2, -0.15) is 0 Å². The van der Waals surface area contributed by atoms with Crippen LogP contribution in [0.1, 0.15) is 194 Å². The number of phosphoric ester groups is 1. The van der Waals surface area contributed by atoms with Gasteiger partial charge in [0.1, 0.15) is 19.8 Å². The topological polar surface area (TPSA) is 124 Å². The molecule has 0 aromatic carbocycles. The van der Waals surface area contributed by atoms with Crippen molar-refractivity contribution in [2.75, 3.05) is 47.5 Å². The van der Waals surface area contributed by atoms with Crippen molar-refractivity contribution in [2.45, 2.75) is 212 Å². The van der Waals surface area contributed by atoms with Gasteiger partial charge < -0.3 is 32.6 Å². The number of epoxide rings is 1. The highest BCUT2D eigenvalue weighted by Gasteiger charge is 2.36. The largest absolute Gasteiger partial charge is 0.756 e. The number of unbranched alkanes of at least 4 members (excludes halogenated alkanes) is 19. The molecule has 0 spiro atoms. The zero-order valence-electron chi connectivity index (χ0n) is 38.4. The van der Waals surface area contributed by atoms with E-state index in [1.54, 1.807) is 0 Å². The van der Waals surface area contributed by atoms with Gasteiger partial charge in [0.2, 0.25) is 0 Å². The van der Waals surface area contributed by atoms with Crippen LogP contribution in [0.3, 0.4) is 0 Å². The zero-order chi connectivity index (χ0) is 43.3. The predicted octanol–water partition coefficient (Wildman–Crippen LogP) is 12.0. The lowest BCUT2D eigenvalue weighted by molar-refractivity contribution is -0.870. The van der Waals surface area contributed by atoms with Crippen LogP contribution in [0.25, 0.3) is 0 Å². The summed E-state index contributed by atoms with van der Waals surface area (Å²) < 4.78 is 39.8. The third-order valence-electron chi connectivity index (χ3n) is 10.6. The van der Waals surface area contributed by atoms with Crippen molar-refractivity contribution < 1.29 is 46.8 Å². The molecule has 1 aliphatic heterocycles. The number of ether oxygens (including phenoxy) is 3. The van der Waals surface area contributed by atoms with Crippen molar-refractivity contribution in [3.05, 3.63) is 36.5 Å². The Bertz CT molecular complexity index is 1170. The molecular weight excluding hydrogens is 765 g/mol. The van der Waals surface area contributed by atoms with Crippen molar-refractivity contribution in [2.24, 2.45) is 0 Å². The first-order valence-corrected chi connectivity index (χ1v) is 25.3. The fourth-order valence-electron chi connectivity index (χ4n) is 6.74. The molecule has 0 amide bonds. The molecule has 11 heteroatoms. The van der Waals surface area contributed by atoms with E-state index in [4.69, 9.17) is 23.3 Å². The van der Waals surface area contributed by atoms with Gasteiger partial charge in [-0.1, -0.05) is 166 Å². The summed E-state index contributed by atoms with van der Waals surface area (Å²) in [5, 5.41) is 0. The van der Waals surface area contributed by atoms with Gasteiger partial charge in [0, 0.05) is 12.8 Å². The summed E-state index contributed by atoms with van der Waals surface area (Å²) in [5.41, 5.74) is 0. The molecular formula is C48H88NO9P. The number of nitrogens with zero attached hydrogens (tertiary/aromatic N) is 1. The van der Waals surface area contributed by atoms with Crippen molar-refractivity contribution in [1.29, 1.82) is 0 Å². The second-order valence-electron chi connectivity index (χ2n) is 17.5. The minimum atomic E-state index is -4.65. The molecule has 59 heavy (non-hydrogen) atoms. The van der Waals surface area contributed by atoms with Crippen LogP contribution in [0.15, 0.2) is 36.5 Å². The molecule has 0 saturated carbocycles.